The number of nitrogens with zero attached hydrogens (tertiary/aromatic N) is 1. The molecule has 0 saturated heterocycles. The van der Waals surface area contributed by atoms with E-state index in [1.54, 1.807) is 54.1 Å². The minimum atomic E-state index is -0.361. The molecule has 3 N–H and O–H groups in total. The molecule has 4 aromatic rings. The quantitative estimate of drug-likeness (QED) is 0.467. The van der Waals surface area contributed by atoms with E-state index in [0.717, 1.165) is 11.1 Å². The number of benzene rings is 2. The van der Waals surface area contributed by atoms with Crippen LogP contribution in [0.25, 0.3) is 5.52 Å². The molecule has 31 heavy (non-hydrogen) atoms. The average molecular weight is 413 g/mol. The second-order valence-electron chi connectivity index (χ2n) is 7.36. The van der Waals surface area contributed by atoms with Gasteiger partial charge in [0.25, 0.3) is 5.91 Å². The van der Waals surface area contributed by atoms with Crippen molar-refractivity contribution in [3.63, 3.8) is 0 Å². The van der Waals surface area contributed by atoms with Crippen LogP contribution in [-0.2, 0) is 0 Å². The molecule has 6 nitrogen and oxygen atoms in total. The Bertz CT molecular complexity index is 1320. The molecule has 156 valence electrons. The lowest BCUT2D eigenvalue weighted by atomic mass is 10.1. The van der Waals surface area contributed by atoms with Crippen LogP contribution in [0.15, 0.2) is 66.9 Å². The minimum absolute atomic E-state index is 0.141. The maximum absolute atomic E-state index is 13.4. The standard InChI is InChI=1S/C25H23N3O3/c1-15-8-6-11-19(16(15)2)27-25(30)21-20-12-4-5-13-28(20)23(22(21)26)24(29)17-9-7-10-18(14-17)31-3/h4-14H,26H2,1-3H3,(H,27,30). The number of aromatic nitrogens is 1. The summed E-state index contributed by atoms with van der Waals surface area (Å²) in [5, 5.41) is 2.95. The number of methoxy groups -OCH3 is 1. The third-order valence-electron chi connectivity index (χ3n) is 5.51. The molecule has 0 bridgehead atoms. The lowest BCUT2D eigenvalue weighted by Gasteiger charge is -2.10. The molecular formula is C25H23N3O3. The summed E-state index contributed by atoms with van der Waals surface area (Å²) in [6.07, 6.45) is 1.73. The van der Waals surface area contributed by atoms with Gasteiger partial charge in [0.1, 0.15) is 11.4 Å². The third kappa shape index (κ3) is 3.53. The van der Waals surface area contributed by atoms with Crippen molar-refractivity contribution in [2.45, 2.75) is 13.8 Å². The number of ether oxygens (including phenoxy) is 1. The predicted octanol–water partition coefficient (Wildman–Crippen LogP) is 4.63. The Labute approximate surface area is 180 Å². The van der Waals surface area contributed by atoms with E-state index in [0.29, 0.717) is 22.5 Å². The number of rotatable bonds is 5. The van der Waals surface area contributed by atoms with Crippen molar-refractivity contribution >= 4 is 28.6 Å². The second kappa shape index (κ2) is 7.99. The van der Waals surface area contributed by atoms with E-state index >= 15 is 0 Å². The summed E-state index contributed by atoms with van der Waals surface area (Å²) in [5.41, 5.74) is 10.8. The molecule has 0 radical (unpaired) electrons. The number of ketones is 1. The first kappa shape index (κ1) is 20.2. The topological polar surface area (TPSA) is 85.8 Å². The number of nitrogens with one attached hydrogen (secondary N) is 1. The summed E-state index contributed by atoms with van der Waals surface area (Å²) in [5.74, 6) is -0.0823. The number of anilines is 2. The Morgan fingerprint density at radius 3 is 2.55 bits per heavy atom. The van der Waals surface area contributed by atoms with Gasteiger partial charge in [0, 0.05) is 17.4 Å². The van der Waals surface area contributed by atoms with Crippen molar-refractivity contribution in [2.75, 3.05) is 18.2 Å². The number of nitrogens with two attached hydrogens (primary N) is 1. The predicted molar refractivity (Wildman–Crippen MR) is 122 cm³/mol. The van der Waals surface area contributed by atoms with E-state index in [1.165, 1.54) is 0 Å². The van der Waals surface area contributed by atoms with Gasteiger partial charge in [0.15, 0.2) is 0 Å². The van der Waals surface area contributed by atoms with E-state index in [4.69, 9.17) is 10.5 Å². The molecule has 0 saturated carbocycles. The lowest BCUT2D eigenvalue weighted by Crippen LogP contribution is -2.15. The van der Waals surface area contributed by atoms with Gasteiger partial charge >= 0.3 is 0 Å². The first-order chi connectivity index (χ1) is 14.9. The van der Waals surface area contributed by atoms with Crippen LogP contribution in [0.3, 0.4) is 0 Å². The van der Waals surface area contributed by atoms with Crippen LogP contribution in [0, 0.1) is 13.8 Å². The van der Waals surface area contributed by atoms with Gasteiger partial charge in [-0.25, -0.2) is 0 Å². The van der Waals surface area contributed by atoms with Crippen molar-refractivity contribution in [3.8, 4) is 5.75 Å². The second-order valence-corrected chi connectivity index (χ2v) is 7.36. The fourth-order valence-electron chi connectivity index (χ4n) is 3.67. The number of nitrogen functional groups attached to an aromatic ring is 1. The first-order valence-corrected chi connectivity index (χ1v) is 9.87. The highest BCUT2D eigenvalue weighted by Crippen LogP contribution is 2.30. The molecule has 2 aromatic carbocycles. The Kier molecular flexibility index (Phi) is 5.21. The highest BCUT2D eigenvalue weighted by molar-refractivity contribution is 6.20. The molecule has 4 rings (SSSR count). The monoisotopic (exact) mass is 413 g/mol. The van der Waals surface area contributed by atoms with Crippen molar-refractivity contribution in [1.82, 2.24) is 4.40 Å². The fourth-order valence-corrected chi connectivity index (χ4v) is 3.67. The smallest absolute Gasteiger partial charge is 0.259 e. The van der Waals surface area contributed by atoms with E-state index in [1.807, 2.05) is 38.1 Å². The molecule has 0 fully saturated rings. The van der Waals surface area contributed by atoms with Gasteiger partial charge in [-0.3, -0.25) is 9.59 Å². The summed E-state index contributed by atoms with van der Waals surface area (Å²) in [4.78, 5) is 26.6. The van der Waals surface area contributed by atoms with Gasteiger partial charge in [0.05, 0.1) is 23.9 Å². The molecular weight excluding hydrogens is 390 g/mol. The van der Waals surface area contributed by atoms with Crippen LogP contribution >= 0.6 is 0 Å². The van der Waals surface area contributed by atoms with Crippen molar-refractivity contribution in [1.29, 1.82) is 0 Å². The number of hydrogen-bond donors (Lipinski definition) is 2. The summed E-state index contributed by atoms with van der Waals surface area (Å²) in [6, 6.07) is 17.9. The molecule has 0 aliphatic rings. The lowest BCUT2D eigenvalue weighted by molar-refractivity contribution is 0.102. The molecule has 0 aliphatic heterocycles. The maximum Gasteiger partial charge on any atom is 0.259 e. The van der Waals surface area contributed by atoms with Crippen molar-refractivity contribution in [2.24, 2.45) is 0 Å². The Balaban J connectivity index is 1.82. The molecule has 1 amide bonds. The third-order valence-corrected chi connectivity index (χ3v) is 5.51. The van der Waals surface area contributed by atoms with E-state index in [9.17, 15) is 9.59 Å². The molecule has 2 heterocycles. The van der Waals surface area contributed by atoms with Gasteiger partial charge in [0.2, 0.25) is 5.78 Å². The van der Waals surface area contributed by atoms with Crippen LogP contribution in [0.2, 0.25) is 0 Å². The summed E-state index contributed by atoms with van der Waals surface area (Å²) < 4.78 is 6.90. The normalized spacial score (nSPS) is 10.8. The fraction of sp³-hybridized carbons (Fsp3) is 0.120. The van der Waals surface area contributed by atoms with Crippen LogP contribution in [0.4, 0.5) is 11.4 Å². The Morgan fingerprint density at radius 2 is 1.77 bits per heavy atom. The van der Waals surface area contributed by atoms with Crippen molar-refractivity contribution in [3.05, 3.63) is 94.8 Å². The number of hydrogen-bond acceptors (Lipinski definition) is 4. The van der Waals surface area contributed by atoms with E-state index in [-0.39, 0.29) is 28.6 Å². The van der Waals surface area contributed by atoms with Crippen molar-refractivity contribution < 1.29 is 14.3 Å². The van der Waals surface area contributed by atoms with Crippen LogP contribution in [0.1, 0.15) is 37.5 Å². The average Bonchev–Trinajstić information content (AvgIpc) is 3.08. The number of carbonyl (C=O) groups excluding carboxylic acids is 2. The number of aryl methyl sites for hydroxylation is 1. The molecule has 0 unspecified atom stereocenters. The Morgan fingerprint density at radius 1 is 1.00 bits per heavy atom. The zero-order valence-electron chi connectivity index (χ0n) is 17.6. The number of carbonyl (C=O) groups is 2. The van der Waals surface area contributed by atoms with Gasteiger partial charge in [-0.2, -0.15) is 0 Å². The summed E-state index contributed by atoms with van der Waals surface area (Å²) in [7, 11) is 1.54. The van der Waals surface area contributed by atoms with Gasteiger partial charge < -0.3 is 20.2 Å². The van der Waals surface area contributed by atoms with Crippen LogP contribution in [0.5, 0.6) is 5.75 Å². The molecule has 0 atom stereocenters. The summed E-state index contributed by atoms with van der Waals surface area (Å²) in [6.45, 7) is 3.93. The largest absolute Gasteiger partial charge is 0.497 e. The Hall–Kier alpha value is -4.06. The SMILES string of the molecule is COc1cccc(C(=O)c2c(N)c(C(=O)Nc3cccc(C)c3C)c3ccccn23)c1. The van der Waals surface area contributed by atoms with Gasteiger partial charge in [-0.1, -0.05) is 30.3 Å². The molecule has 2 aromatic heterocycles. The number of amides is 1. The number of fused-ring (bicyclic) bond motifs is 1. The number of pyridine rings is 1. The van der Waals surface area contributed by atoms with E-state index in [2.05, 4.69) is 5.32 Å². The van der Waals surface area contributed by atoms with Crippen LogP contribution < -0.4 is 15.8 Å². The highest BCUT2D eigenvalue weighted by atomic mass is 16.5. The first-order valence-electron chi connectivity index (χ1n) is 9.87. The minimum Gasteiger partial charge on any atom is -0.497 e. The highest BCUT2D eigenvalue weighted by Gasteiger charge is 2.26. The van der Waals surface area contributed by atoms with Gasteiger partial charge in [-0.15, -0.1) is 0 Å². The van der Waals surface area contributed by atoms with Gasteiger partial charge in [-0.05, 0) is 55.3 Å². The molecule has 0 spiro atoms. The molecule has 0 aliphatic carbocycles. The zero-order valence-corrected chi connectivity index (χ0v) is 17.6. The molecule has 6 heteroatoms. The van der Waals surface area contributed by atoms with E-state index < -0.39 is 0 Å². The van der Waals surface area contributed by atoms with Crippen LogP contribution in [-0.4, -0.2) is 23.2 Å². The summed E-state index contributed by atoms with van der Waals surface area (Å²) >= 11 is 0. The zero-order chi connectivity index (χ0) is 22.1. The maximum atomic E-state index is 13.4.